The highest BCUT2D eigenvalue weighted by Crippen LogP contribution is 1.95. The molecule has 1 atom stereocenters. The van der Waals surface area contributed by atoms with Crippen LogP contribution in [0.3, 0.4) is 0 Å². The monoisotopic (exact) mass is 247 g/mol. The Morgan fingerprint density at radius 2 is 1.88 bits per heavy atom. The molecule has 0 aromatic heterocycles. The number of aliphatic hydroxyl groups is 1. The Bertz CT molecular complexity index is 154. The first-order valence-electron chi connectivity index (χ1n) is 6.62. The summed E-state index contributed by atoms with van der Waals surface area (Å²) in [5.74, 6) is 0.524. The Morgan fingerprint density at radius 3 is 2.53 bits per heavy atom. The summed E-state index contributed by atoms with van der Waals surface area (Å²) in [5.41, 5.74) is 0. The van der Waals surface area contributed by atoms with Crippen molar-refractivity contribution in [2.24, 2.45) is 5.92 Å². The summed E-state index contributed by atoms with van der Waals surface area (Å²) in [5, 5.41) is 12.8. The molecule has 4 nitrogen and oxygen atoms in total. The predicted octanol–water partition coefficient (Wildman–Crippen LogP) is 1.43. The zero-order valence-corrected chi connectivity index (χ0v) is 11.6. The molecule has 0 saturated carbocycles. The minimum absolute atomic E-state index is 0.396. The third kappa shape index (κ3) is 13.8. The average molecular weight is 247 g/mol. The maximum atomic E-state index is 9.60. The van der Waals surface area contributed by atoms with Crippen LogP contribution in [0.25, 0.3) is 0 Å². The van der Waals surface area contributed by atoms with Crippen molar-refractivity contribution in [3.63, 3.8) is 0 Å². The normalized spacial score (nSPS) is 13.2. The lowest BCUT2D eigenvalue weighted by Crippen LogP contribution is -2.31. The van der Waals surface area contributed by atoms with E-state index in [4.69, 9.17) is 9.47 Å². The molecule has 0 aromatic rings. The van der Waals surface area contributed by atoms with Crippen LogP contribution in [0.2, 0.25) is 0 Å². The molecule has 0 rings (SSSR count). The molecule has 4 heteroatoms. The zero-order chi connectivity index (χ0) is 12.9. The molecule has 0 aliphatic heterocycles. The van der Waals surface area contributed by atoms with Crippen molar-refractivity contribution in [2.75, 3.05) is 40.0 Å². The molecule has 0 bridgehead atoms. The van der Waals surface area contributed by atoms with Crippen LogP contribution in [0.1, 0.15) is 33.1 Å². The van der Waals surface area contributed by atoms with Crippen molar-refractivity contribution in [1.82, 2.24) is 5.32 Å². The van der Waals surface area contributed by atoms with Crippen molar-refractivity contribution in [3.8, 4) is 0 Å². The second-order valence-corrected chi connectivity index (χ2v) is 4.84. The van der Waals surface area contributed by atoms with Gasteiger partial charge in [0.15, 0.2) is 0 Å². The van der Waals surface area contributed by atoms with Gasteiger partial charge in [0.1, 0.15) is 0 Å². The van der Waals surface area contributed by atoms with Crippen molar-refractivity contribution in [2.45, 2.75) is 39.2 Å². The summed E-state index contributed by atoms with van der Waals surface area (Å²) in [6, 6.07) is 0. The molecular formula is C13H29NO3. The van der Waals surface area contributed by atoms with Crippen LogP contribution < -0.4 is 5.32 Å². The van der Waals surface area contributed by atoms with Crippen LogP contribution in [0.4, 0.5) is 0 Å². The second-order valence-electron chi connectivity index (χ2n) is 4.84. The van der Waals surface area contributed by atoms with Gasteiger partial charge in [-0.2, -0.15) is 0 Å². The van der Waals surface area contributed by atoms with Gasteiger partial charge in [-0.05, 0) is 31.7 Å². The standard InChI is InChI=1S/C13H29NO3/c1-12(2)10-17-11-13(15)9-14-7-5-4-6-8-16-3/h12-15H,4-11H2,1-3H3. The molecule has 0 fully saturated rings. The van der Waals surface area contributed by atoms with E-state index in [2.05, 4.69) is 19.2 Å². The number of rotatable bonds is 12. The summed E-state index contributed by atoms with van der Waals surface area (Å²) in [6.45, 7) is 7.75. The summed E-state index contributed by atoms with van der Waals surface area (Å²) >= 11 is 0. The van der Waals surface area contributed by atoms with Gasteiger partial charge in [0, 0.05) is 26.9 Å². The second kappa shape index (κ2) is 12.3. The average Bonchev–Trinajstić information content (AvgIpc) is 2.27. The van der Waals surface area contributed by atoms with Crippen molar-refractivity contribution >= 4 is 0 Å². The van der Waals surface area contributed by atoms with Crippen LogP contribution in [0.5, 0.6) is 0 Å². The Balaban J connectivity index is 3.13. The smallest absolute Gasteiger partial charge is 0.0897 e. The van der Waals surface area contributed by atoms with Crippen molar-refractivity contribution in [3.05, 3.63) is 0 Å². The van der Waals surface area contributed by atoms with E-state index in [1.54, 1.807) is 7.11 Å². The molecule has 0 heterocycles. The van der Waals surface area contributed by atoms with Gasteiger partial charge in [0.25, 0.3) is 0 Å². The Morgan fingerprint density at radius 1 is 1.12 bits per heavy atom. The van der Waals surface area contributed by atoms with Gasteiger partial charge in [-0.3, -0.25) is 0 Å². The quantitative estimate of drug-likeness (QED) is 0.512. The molecule has 1 unspecified atom stereocenters. The number of ether oxygens (including phenoxy) is 2. The lowest BCUT2D eigenvalue weighted by Gasteiger charge is -2.13. The van der Waals surface area contributed by atoms with Crippen LogP contribution in [0, 0.1) is 5.92 Å². The molecule has 0 saturated heterocycles. The van der Waals surface area contributed by atoms with Gasteiger partial charge >= 0.3 is 0 Å². The number of methoxy groups -OCH3 is 1. The van der Waals surface area contributed by atoms with Gasteiger partial charge < -0.3 is 19.9 Å². The Hall–Kier alpha value is -0.160. The highest BCUT2D eigenvalue weighted by Gasteiger charge is 2.04. The highest BCUT2D eigenvalue weighted by molar-refractivity contribution is 4.58. The summed E-state index contributed by atoms with van der Waals surface area (Å²) in [4.78, 5) is 0. The minimum Gasteiger partial charge on any atom is -0.389 e. The van der Waals surface area contributed by atoms with E-state index in [9.17, 15) is 5.11 Å². The summed E-state index contributed by atoms with van der Waals surface area (Å²) < 4.78 is 10.3. The van der Waals surface area contributed by atoms with E-state index >= 15 is 0 Å². The molecule has 0 spiro atoms. The van der Waals surface area contributed by atoms with Crippen LogP contribution in [-0.4, -0.2) is 51.2 Å². The number of aliphatic hydroxyl groups excluding tert-OH is 1. The van der Waals surface area contributed by atoms with E-state index in [1.165, 1.54) is 6.42 Å². The fourth-order valence-corrected chi connectivity index (χ4v) is 1.44. The molecular weight excluding hydrogens is 218 g/mol. The van der Waals surface area contributed by atoms with Crippen LogP contribution in [-0.2, 0) is 9.47 Å². The molecule has 17 heavy (non-hydrogen) atoms. The molecule has 0 radical (unpaired) electrons. The Labute approximate surface area is 106 Å². The zero-order valence-electron chi connectivity index (χ0n) is 11.6. The highest BCUT2D eigenvalue weighted by atomic mass is 16.5. The van der Waals surface area contributed by atoms with E-state index in [-0.39, 0.29) is 0 Å². The van der Waals surface area contributed by atoms with E-state index < -0.39 is 6.10 Å². The van der Waals surface area contributed by atoms with E-state index in [0.29, 0.717) is 25.7 Å². The first-order chi connectivity index (χ1) is 8.16. The van der Waals surface area contributed by atoms with Crippen LogP contribution >= 0.6 is 0 Å². The van der Waals surface area contributed by atoms with Crippen molar-refractivity contribution < 1.29 is 14.6 Å². The molecule has 0 aliphatic carbocycles. The SMILES string of the molecule is COCCCCCNCC(O)COCC(C)C. The van der Waals surface area contributed by atoms with E-state index in [0.717, 1.165) is 26.0 Å². The topological polar surface area (TPSA) is 50.7 Å². The largest absolute Gasteiger partial charge is 0.389 e. The lowest BCUT2D eigenvalue weighted by atomic mass is 10.2. The molecule has 0 amide bonds. The first kappa shape index (κ1) is 16.8. The fourth-order valence-electron chi connectivity index (χ4n) is 1.44. The maximum absolute atomic E-state index is 9.60. The van der Waals surface area contributed by atoms with E-state index in [1.807, 2.05) is 0 Å². The van der Waals surface area contributed by atoms with Gasteiger partial charge in [0.2, 0.25) is 0 Å². The number of hydrogen-bond donors (Lipinski definition) is 2. The molecule has 104 valence electrons. The van der Waals surface area contributed by atoms with Gasteiger partial charge in [-0.25, -0.2) is 0 Å². The number of unbranched alkanes of at least 4 members (excludes halogenated alkanes) is 2. The summed E-state index contributed by atoms with van der Waals surface area (Å²) in [7, 11) is 1.73. The number of hydrogen-bond acceptors (Lipinski definition) is 4. The molecule has 0 aromatic carbocycles. The molecule has 2 N–H and O–H groups in total. The minimum atomic E-state index is -0.396. The maximum Gasteiger partial charge on any atom is 0.0897 e. The molecule has 0 aliphatic rings. The first-order valence-corrected chi connectivity index (χ1v) is 6.62. The van der Waals surface area contributed by atoms with Gasteiger partial charge in [-0.1, -0.05) is 13.8 Å². The van der Waals surface area contributed by atoms with Crippen LogP contribution in [0.15, 0.2) is 0 Å². The van der Waals surface area contributed by atoms with Gasteiger partial charge in [0.05, 0.1) is 12.7 Å². The number of nitrogens with one attached hydrogen (secondary N) is 1. The predicted molar refractivity (Wildman–Crippen MR) is 70.3 cm³/mol. The van der Waals surface area contributed by atoms with Gasteiger partial charge in [-0.15, -0.1) is 0 Å². The van der Waals surface area contributed by atoms with Crippen molar-refractivity contribution in [1.29, 1.82) is 0 Å². The fraction of sp³-hybridized carbons (Fsp3) is 1.00. The summed E-state index contributed by atoms with van der Waals surface area (Å²) in [6.07, 6.45) is 3.01. The third-order valence-corrected chi connectivity index (χ3v) is 2.34. The lowest BCUT2D eigenvalue weighted by molar-refractivity contribution is 0.0262. The Kier molecular flexibility index (Phi) is 12.2. The third-order valence-electron chi connectivity index (χ3n) is 2.34.